The van der Waals surface area contributed by atoms with Crippen molar-refractivity contribution in [3.8, 4) is 5.75 Å². The molecule has 0 aliphatic carbocycles. The number of carbonyl (C=O) groups excluding carboxylic acids is 1. The monoisotopic (exact) mass is 262 g/mol. The van der Waals surface area contributed by atoms with E-state index in [0.29, 0.717) is 11.5 Å². The predicted molar refractivity (Wildman–Crippen MR) is 75.3 cm³/mol. The zero-order chi connectivity index (χ0) is 13.8. The molecule has 1 heterocycles. The Morgan fingerprint density at radius 2 is 2.11 bits per heavy atom. The molecule has 0 bridgehead atoms. The Balaban J connectivity index is 2.06. The predicted octanol–water partition coefficient (Wildman–Crippen LogP) is 1.89. The van der Waals surface area contributed by atoms with E-state index >= 15 is 0 Å². The number of amides is 1. The van der Waals surface area contributed by atoms with E-state index in [4.69, 9.17) is 10.5 Å². The molecule has 1 amide bonds. The first-order chi connectivity index (χ1) is 9.15. The number of nitrogens with zero attached hydrogens (tertiary/aromatic N) is 1. The Morgan fingerprint density at radius 1 is 1.42 bits per heavy atom. The van der Waals surface area contributed by atoms with Crippen LogP contribution in [-0.4, -0.2) is 37.0 Å². The van der Waals surface area contributed by atoms with Crippen LogP contribution in [0.5, 0.6) is 5.75 Å². The lowest BCUT2D eigenvalue weighted by atomic mass is 9.90. The summed E-state index contributed by atoms with van der Waals surface area (Å²) in [6, 6.07) is 7.50. The van der Waals surface area contributed by atoms with E-state index in [1.165, 1.54) is 0 Å². The molecule has 0 radical (unpaired) electrons. The summed E-state index contributed by atoms with van der Waals surface area (Å²) in [5.41, 5.74) is 6.79. The van der Waals surface area contributed by atoms with Crippen molar-refractivity contribution >= 4 is 5.91 Å². The maximum absolute atomic E-state index is 12.4. The van der Waals surface area contributed by atoms with Gasteiger partial charge in [-0.1, -0.05) is 13.3 Å². The van der Waals surface area contributed by atoms with Gasteiger partial charge in [0.25, 0.3) is 5.91 Å². The highest BCUT2D eigenvalue weighted by atomic mass is 16.5. The summed E-state index contributed by atoms with van der Waals surface area (Å²) >= 11 is 0. The van der Waals surface area contributed by atoms with Crippen molar-refractivity contribution in [3.05, 3.63) is 29.8 Å². The quantitative estimate of drug-likeness (QED) is 0.905. The summed E-state index contributed by atoms with van der Waals surface area (Å²) in [4.78, 5) is 14.3. The smallest absolute Gasteiger partial charge is 0.253 e. The second kappa shape index (κ2) is 6.06. The van der Waals surface area contributed by atoms with Crippen molar-refractivity contribution in [1.29, 1.82) is 0 Å². The fourth-order valence-corrected chi connectivity index (χ4v) is 2.58. The minimum atomic E-state index is 0.0907. The zero-order valence-corrected chi connectivity index (χ0v) is 11.6. The molecule has 104 valence electrons. The van der Waals surface area contributed by atoms with Crippen LogP contribution in [0, 0.1) is 5.92 Å². The van der Waals surface area contributed by atoms with Crippen LogP contribution in [0.15, 0.2) is 24.3 Å². The van der Waals surface area contributed by atoms with Gasteiger partial charge in [0.1, 0.15) is 5.75 Å². The minimum Gasteiger partial charge on any atom is -0.497 e. The second-order valence-electron chi connectivity index (χ2n) is 5.10. The first kappa shape index (κ1) is 13.9. The molecule has 2 atom stereocenters. The third-order valence-corrected chi connectivity index (χ3v) is 3.94. The molecule has 2 N–H and O–H groups in total. The van der Waals surface area contributed by atoms with Gasteiger partial charge < -0.3 is 15.4 Å². The van der Waals surface area contributed by atoms with E-state index < -0.39 is 0 Å². The molecule has 1 aromatic rings. The van der Waals surface area contributed by atoms with Crippen molar-refractivity contribution in [2.45, 2.75) is 25.8 Å². The molecule has 1 saturated heterocycles. The van der Waals surface area contributed by atoms with Gasteiger partial charge in [-0.3, -0.25) is 4.79 Å². The SMILES string of the molecule is CCC1CN(C(=O)c2ccc(OC)cc2)CCC1N. The van der Waals surface area contributed by atoms with Gasteiger partial charge in [0, 0.05) is 24.7 Å². The highest BCUT2D eigenvalue weighted by Gasteiger charge is 2.28. The number of ether oxygens (including phenoxy) is 1. The van der Waals surface area contributed by atoms with Crippen LogP contribution in [0.25, 0.3) is 0 Å². The number of hydrogen-bond donors (Lipinski definition) is 1. The van der Waals surface area contributed by atoms with Crippen molar-refractivity contribution in [1.82, 2.24) is 4.90 Å². The van der Waals surface area contributed by atoms with Gasteiger partial charge in [0.2, 0.25) is 0 Å². The second-order valence-corrected chi connectivity index (χ2v) is 5.10. The zero-order valence-electron chi connectivity index (χ0n) is 11.6. The van der Waals surface area contributed by atoms with Gasteiger partial charge in [-0.15, -0.1) is 0 Å². The van der Waals surface area contributed by atoms with Crippen LogP contribution in [0.2, 0.25) is 0 Å². The van der Waals surface area contributed by atoms with Crippen LogP contribution >= 0.6 is 0 Å². The highest BCUT2D eigenvalue weighted by molar-refractivity contribution is 5.94. The average Bonchev–Trinajstić information content (AvgIpc) is 2.47. The normalized spacial score (nSPS) is 23.2. The lowest BCUT2D eigenvalue weighted by molar-refractivity contribution is 0.0649. The number of likely N-dealkylation sites (tertiary alicyclic amines) is 1. The maximum Gasteiger partial charge on any atom is 0.253 e. The van der Waals surface area contributed by atoms with Crippen molar-refractivity contribution in [3.63, 3.8) is 0 Å². The minimum absolute atomic E-state index is 0.0907. The largest absolute Gasteiger partial charge is 0.497 e. The molecule has 0 saturated carbocycles. The molecule has 1 aliphatic rings. The number of piperidine rings is 1. The molecule has 19 heavy (non-hydrogen) atoms. The first-order valence-electron chi connectivity index (χ1n) is 6.84. The number of carbonyl (C=O) groups is 1. The Hall–Kier alpha value is -1.55. The third kappa shape index (κ3) is 3.07. The molecular weight excluding hydrogens is 240 g/mol. The summed E-state index contributed by atoms with van der Waals surface area (Å²) in [5.74, 6) is 1.27. The Morgan fingerprint density at radius 3 is 2.68 bits per heavy atom. The van der Waals surface area contributed by atoms with Crippen LogP contribution in [0.4, 0.5) is 0 Å². The van der Waals surface area contributed by atoms with Gasteiger partial charge >= 0.3 is 0 Å². The summed E-state index contributed by atoms with van der Waals surface area (Å²) in [7, 11) is 1.62. The molecule has 4 nitrogen and oxygen atoms in total. The van der Waals surface area contributed by atoms with Gasteiger partial charge in [-0.05, 0) is 36.6 Å². The van der Waals surface area contributed by atoms with E-state index in [0.717, 1.165) is 31.7 Å². The standard InChI is InChI=1S/C15H22N2O2/c1-3-11-10-17(9-8-14(11)16)15(18)12-4-6-13(19-2)7-5-12/h4-7,11,14H,3,8-10,16H2,1-2H3. The van der Waals surface area contributed by atoms with Crippen LogP contribution in [0.1, 0.15) is 30.1 Å². The van der Waals surface area contributed by atoms with E-state index in [2.05, 4.69) is 6.92 Å². The maximum atomic E-state index is 12.4. The van der Waals surface area contributed by atoms with E-state index in [9.17, 15) is 4.79 Å². The lowest BCUT2D eigenvalue weighted by Gasteiger charge is -2.36. The molecule has 1 aliphatic heterocycles. The van der Waals surface area contributed by atoms with Crippen LogP contribution < -0.4 is 10.5 Å². The molecular formula is C15H22N2O2. The molecule has 2 unspecified atom stereocenters. The number of nitrogens with two attached hydrogens (primary N) is 1. The Bertz CT molecular complexity index is 430. The third-order valence-electron chi connectivity index (χ3n) is 3.94. The molecule has 4 heteroatoms. The molecule has 0 spiro atoms. The number of hydrogen-bond acceptors (Lipinski definition) is 3. The van der Waals surface area contributed by atoms with Crippen LogP contribution in [0.3, 0.4) is 0 Å². The van der Waals surface area contributed by atoms with Crippen molar-refractivity contribution in [2.24, 2.45) is 11.7 Å². The van der Waals surface area contributed by atoms with Crippen LogP contribution in [-0.2, 0) is 0 Å². The summed E-state index contributed by atoms with van der Waals surface area (Å²) in [5, 5.41) is 0. The fraction of sp³-hybridized carbons (Fsp3) is 0.533. The summed E-state index contributed by atoms with van der Waals surface area (Å²) in [6.45, 7) is 3.65. The number of rotatable bonds is 3. The highest BCUT2D eigenvalue weighted by Crippen LogP contribution is 2.21. The Kier molecular flexibility index (Phi) is 4.43. The molecule has 1 aromatic carbocycles. The molecule has 2 rings (SSSR count). The van der Waals surface area contributed by atoms with Gasteiger partial charge in [-0.25, -0.2) is 0 Å². The van der Waals surface area contributed by atoms with Gasteiger partial charge in [0.15, 0.2) is 0 Å². The Labute approximate surface area is 114 Å². The molecule has 0 aromatic heterocycles. The van der Waals surface area contributed by atoms with E-state index in [1.807, 2.05) is 29.2 Å². The van der Waals surface area contributed by atoms with Gasteiger partial charge in [0.05, 0.1) is 7.11 Å². The summed E-state index contributed by atoms with van der Waals surface area (Å²) in [6.07, 6.45) is 1.91. The average molecular weight is 262 g/mol. The van der Waals surface area contributed by atoms with E-state index in [1.54, 1.807) is 7.11 Å². The number of benzene rings is 1. The van der Waals surface area contributed by atoms with Crippen molar-refractivity contribution in [2.75, 3.05) is 20.2 Å². The fourth-order valence-electron chi connectivity index (χ4n) is 2.58. The lowest BCUT2D eigenvalue weighted by Crippen LogP contribution is -2.49. The van der Waals surface area contributed by atoms with E-state index in [-0.39, 0.29) is 11.9 Å². The molecule has 1 fully saturated rings. The number of methoxy groups -OCH3 is 1. The van der Waals surface area contributed by atoms with Crippen molar-refractivity contribution < 1.29 is 9.53 Å². The van der Waals surface area contributed by atoms with Gasteiger partial charge in [-0.2, -0.15) is 0 Å². The summed E-state index contributed by atoms with van der Waals surface area (Å²) < 4.78 is 5.10. The first-order valence-corrected chi connectivity index (χ1v) is 6.84. The topological polar surface area (TPSA) is 55.6 Å².